The van der Waals surface area contributed by atoms with Gasteiger partial charge < -0.3 is 32.9 Å². The highest BCUT2D eigenvalue weighted by Crippen LogP contribution is 2.10. The largest absolute Gasteiger partial charge is 0.480 e. The summed E-state index contributed by atoms with van der Waals surface area (Å²) in [5, 5.41) is 14.5. The van der Waals surface area contributed by atoms with Crippen molar-refractivity contribution in [3.8, 4) is 0 Å². The van der Waals surface area contributed by atoms with Crippen LogP contribution in [-0.4, -0.2) is 65.5 Å². The van der Waals surface area contributed by atoms with Crippen LogP contribution in [0.2, 0.25) is 0 Å². The lowest BCUT2D eigenvalue weighted by atomic mass is 9.97. The topological polar surface area (TPSA) is 186 Å². The molecule has 0 saturated carbocycles. The lowest BCUT2D eigenvalue weighted by Gasteiger charge is -2.26. The average Bonchev–Trinajstić information content (AvgIpc) is 2.64. The molecule has 0 aliphatic rings. The van der Waals surface area contributed by atoms with Gasteiger partial charge in [0.25, 0.3) is 0 Å². The number of amides is 2. The number of nitrogens with one attached hydrogen (secondary N) is 2. The van der Waals surface area contributed by atoms with Crippen LogP contribution < -0.4 is 27.8 Å². The molecule has 4 atom stereocenters. The molecular formula is C17H34N6O4S. The molecule has 0 aliphatic carbocycles. The van der Waals surface area contributed by atoms with E-state index in [4.69, 9.17) is 17.2 Å². The van der Waals surface area contributed by atoms with E-state index < -0.39 is 35.9 Å². The third kappa shape index (κ3) is 10.4. The molecular weight excluding hydrogens is 384 g/mol. The summed E-state index contributed by atoms with van der Waals surface area (Å²) in [6, 6.07) is -2.69. The van der Waals surface area contributed by atoms with Crippen molar-refractivity contribution in [1.82, 2.24) is 10.6 Å². The maximum absolute atomic E-state index is 12.7. The van der Waals surface area contributed by atoms with Crippen LogP contribution in [0.15, 0.2) is 4.99 Å². The van der Waals surface area contributed by atoms with Crippen molar-refractivity contribution in [2.24, 2.45) is 28.1 Å². The van der Waals surface area contributed by atoms with Crippen LogP contribution in [0.1, 0.15) is 39.5 Å². The quantitative estimate of drug-likeness (QED) is 0.120. The van der Waals surface area contributed by atoms with Gasteiger partial charge in [-0.1, -0.05) is 20.3 Å². The highest BCUT2D eigenvalue weighted by atomic mass is 32.2. The van der Waals surface area contributed by atoms with Crippen molar-refractivity contribution in [2.75, 3.05) is 18.6 Å². The molecule has 11 heteroatoms. The van der Waals surface area contributed by atoms with Gasteiger partial charge in [-0.15, -0.1) is 0 Å². The van der Waals surface area contributed by atoms with E-state index in [0.717, 1.165) is 5.75 Å². The summed E-state index contributed by atoms with van der Waals surface area (Å²) in [5.74, 6) is -1.67. The molecule has 0 saturated heterocycles. The van der Waals surface area contributed by atoms with E-state index in [1.165, 1.54) is 0 Å². The van der Waals surface area contributed by atoms with Crippen molar-refractivity contribution in [3.05, 3.63) is 0 Å². The molecule has 0 aromatic rings. The fraction of sp³-hybridized carbons (Fsp3) is 0.765. The number of aliphatic imine (C=N–C) groups is 1. The second-order valence-electron chi connectivity index (χ2n) is 6.61. The number of aliphatic carboxylic acids is 1. The number of carbonyl (C=O) groups excluding carboxylic acids is 2. The molecule has 0 bridgehead atoms. The molecule has 0 heterocycles. The molecule has 0 spiro atoms. The van der Waals surface area contributed by atoms with E-state index in [0.29, 0.717) is 19.3 Å². The van der Waals surface area contributed by atoms with E-state index in [1.54, 1.807) is 11.8 Å². The molecule has 9 N–H and O–H groups in total. The Morgan fingerprint density at radius 2 is 1.79 bits per heavy atom. The van der Waals surface area contributed by atoms with Gasteiger partial charge in [0.15, 0.2) is 5.96 Å². The third-order valence-corrected chi connectivity index (χ3v) is 4.97. The normalized spacial score (nSPS) is 15.0. The maximum atomic E-state index is 12.7. The van der Waals surface area contributed by atoms with Gasteiger partial charge in [-0.3, -0.25) is 14.6 Å². The highest BCUT2D eigenvalue weighted by molar-refractivity contribution is 7.98. The standard InChI is InChI=1S/C17H34N6O4S/c1-4-10(2)13(23-14(24)11(18)7-9-28-3)15(25)22-12(16(26)27)6-5-8-21-17(19)20/h10-13H,4-9,18H2,1-3H3,(H,22,25)(H,23,24)(H,26,27)(H4,19,20,21). The van der Waals surface area contributed by atoms with Crippen LogP contribution in [0, 0.1) is 5.92 Å². The number of nitrogens with zero attached hydrogens (tertiary/aromatic N) is 1. The molecule has 2 amide bonds. The van der Waals surface area contributed by atoms with Crippen molar-refractivity contribution in [3.63, 3.8) is 0 Å². The van der Waals surface area contributed by atoms with E-state index in [1.807, 2.05) is 20.1 Å². The molecule has 0 fully saturated rings. The number of carbonyl (C=O) groups is 3. The van der Waals surface area contributed by atoms with Crippen LogP contribution in [0.25, 0.3) is 0 Å². The van der Waals surface area contributed by atoms with E-state index in [9.17, 15) is 19.5 Å². The second kappa shape index (κ2) is 14.1. The lowest BCUT2D eigenvalue weighted by Crippen LogP contribution is -2.56. The van der Waals surface area contributed by atoms with Crippen LogP contribution in [0.4, 0.5) is 0 Å². The van der Waals surface area contributed by atoms with E-state index in [2.05, 4.69) is 15.6 Å². The SMILES string of the molecule is CCC(C)C(NC(=O)C(N)CCSC)C(=O)NC(CCCN=C(N)N)C(=O)O. The Kier molecular flexibility index (Phi) is 13.0. The number of carboxylic acids is 1. The summed E-state index contributed by atoms with van der Waals surface area (Å²) in [6.07, 6.45) is 3.58. The van der Waals surface area contributed by atoms with Crippen molar-refractivity contribution in [2.45, 2.75) is 57.7 Å². The first-order valence-electron chi connectivity index (χ1n) is 9.27. The minimum Gasteiger partial charge on any atom is -0.480 e. The first-order valence-corrected chi connectivity index (χ1v) is 10.7. The first-order chi connectivity index (χ1) is 13.1. The van der Waals surface area contributed by atoms with Gasteiger partial charge in [0, 0.05) is 6.54 Å². The predicted molar refractivity (Wildman–Crippen MR) is 112 cm³/mol. The lowest BCUT2D eigenvalue weighted by molar-refractivity contribution is -0.142. The second-order valence-corrected chi connectivity index (χ2v) is 7.59. The number of nitrogens with two attached hydrogens (primary N) is 3. The third-order valence-electron chi connectivity index (χ3n) is 4.32. The number of hydrogen-bond donors (Lipinski definition) is 6. The fourth-order valence-electron chi connectivity index (χ4n) is 2.36. The zero-order valence-electron chi connectivity index (χ0n) is 16.8. The number of hydrogen-bond acceptors (Lipinski definition) is 6. The number of carboxylic acid groups (broad SMARTS) is 1. The smallest absolute Gasteiger partial charge is 0.326 e. The Hall–Kier alpha value is -2.01. The average molecular weight is 419 g/mol. The minimum absolute atomic E-state index is 0.0757. The molecule has 4 unspecified atom stereocenters. The van der Waals surface area contributed by atoms with Gasteiger partial charge in [0.05, 0.1) is 6.04 Å². The van der Waals surface area contributed by atoms with Crippen molar-refractivity contribution >= 4 is 35.5 Å². The van der Waals surface area contributed by atoms with Gasteiger partial charge in [-0.05, 0) is 37.2 Å². The zero-order chi connectivity index (χ0) is 21.7. The highest BCUT2D eigenvalue weighted by Gasteiger charge is 2.30. The summed E-state index contributed by atoms with van der Waals surface area (Å²) in [4.78, 5) is 40.2. The molecule has 0 aromatic heterocycles. The summed E-state index contributed by atoms with van der Waals surface area (Å²) in [6.45, 7) is 3.96. The predicted octanol–water partition coefficient (Wildman–Crippen LogP) is -0.779. The number of rotatable bonds is 14. The maximum Gasteiger partial charge on any atom is 0.326 e. The van der Waals surface area contributed by atoms with Crippen molar-refractivity contribution in [1.29, 1.82) is 0 Å². The van der Waals surface area contributed by atoms with Crippen LogP contribution in [0.5, 0.6) is 0 Å². The Morgan fingerprint density at radius 1 is 1.14 bits per heavy atom. The summed E-state index contributed by atoms with van der Waals surface area (Å²) < 4.78 is 0. The Morgan fingerprint density at radius 3 is 2.29 bits per heavy atom. The Balaban J connectivity index is 4.98. The van der Waals surface area contributed by atoms with E-state index in [-0.39, 0.29) is 24.8 Å². The molecule has 0 aliphatic heterocycles. The van der Waals surface area contributed by atoms with Gasteiger partial charge in [-0.25, -0.2) is 4.79 Å². The zero-order valence-corrected chi connectivity index (χ0v) is 17.6. The van der Waals surface area contributed by atoms with Crippen LogP contribution in [-0.2, 0) is 14.4 Å². The molecule has 28 heavy (non-hydrogen) atoms. The number of thioether (sulfide) groups is 1. The molecule has 0 aromatic carbocycles. The van der Waals surface area contributed by atoms with Gasteiger partial charge in [0.1, 0.15) is 12.1 Å². The Bertz CT molecular complexity index is 542. The van der Waals surface area contributed by atoms with Crippen LogP contribution in [0.3, 0.4) is 0 Å². The molecule has 0 rings (SSSR count). The molecule has 0 radical (unpaired) electrons. The van der Waals surface area contributed by atoms with E-state index >= 15 is 0 Å². The van der Waals surface area contributed by atoms with Crippen molar-refractivity contribution < 1.29 is 19.5 Å². The Labute approximate surface area is 170 Å². The van der Waals surface area contributed by atoms with Gasteiger partial charge in [-0.2, -0.15) is 11.8 Å². The summed E-state index contributed by atoms with van der Waals surface area (Å²) in [7, 11) is 0. The fourth-order valence-corrected chi connectivity index (χ4v) is 2.85. The van der Waals surface area contributed by atoms with Crippen LogP contribution >= 0.6 is 11.8 Å². The number of guanidine groups is 1. The molecule has 162 valence electrons. The summed E-state index contributed by atoms with van der Waals surface area (Å²) in [5.41, 5.74) is 16.3. The molecule has 10 nitrogen and oxygen atoms in total. The monoisotopic (exact) mass is 418 g/mol. The summed E-state index contributed by atoms with van der Waals surface area (Å²) >= 11 is 1.58. The van der Waals surface area contributed by atoms with Gasteiger partial charge in [0.2, 0.25) is 11.8 Å². The van der Waals surface area contributed by atoms with Gasteiger partial charge >= 0.3 is 5.97 Å². The first kappa shape index (κ1) is 26.0. The minimum atomic E-state index is -1.16.